The van der Waals surface area contributed by atoms with Gasteiger partial charge in [-0.3, -0.25) is 19.2 Å². The Kier molecular flexibility index (Phi) is 27.1. The molecule has 0 bridgehead atoms. The fourth-order valence-electron chi connectivity index (χ4n) is 12.4. The van der Waals surface area contributed by atoms with Crippen LogP contribution in [-0.2, 0) is 39.9 Å². The summed E-state index contributed by atoms with van der Waals surface area (Å²) in [6.45, 7) is 0. The van der Waals surface area contributed by atoms with Gasteiger partial charge in [0, 0.05) is 42.2 Å². The molecule has 7 aromatic rings. The van der Waals surface area contributed by atoms with Crippen molar-refractivity contribution in [3.05, 3.63) is 244 Å². The number of methoxy groups -OCH3 is 3. The summed E-state index contributed by atoms with van der Waals surface area (Å²) in [5.74, 6) is -1.91. The molecule has 3 atom stereocenters. The Balaban J connectivity index is 0.000000158. The Morgan fingerprint density at radius 2 is 0.847 bits per heavy atom. The van der Waals surface area contributed by atoms with E-state index in [1.54, 1.807) is 78.9 Å². The van der Waals surface area contributed by atoms with Crippen molar-refractivity contribution < 1.29 is 82.0 Å². The van der Waals surface area contributed by atoms with Gasteiger partial charge in [0.1, 0.15) is 0 Å². The molecule has 508 valence electrons. The molecule has 0 spiro atoms. The van der Waals surface area contributed by atoms with Gasteiger partial charge in [0.15, 0.2) is 5.78 Å². The van der Waals surface area contributed by atoms with E-state index >= 15 is 0 Å². The summed E-state index contributed by atoms with van der Waals surface area (Å²) in [5, 5.41) is 13.7. The molecule has 0 saturated heterocycles. The number of esters is 3. The van der Waals surface area contributed by atoms with Crippen LogP contribution in [0.3, 0.4) is 0 Å². The number of carboxylic acid groups (broad SMARTS) is 1. The maximum absolute atomic E-state index is 13.3. The molecule has 2 amide bonds. The number of carbonyl (C=O) groups excluding carboxylic acids is 7. The van der Waals surface area contributed by atoms with Crippen LogP contribution in [0.1, 0.15) is 217 Å². The van der Waals surface area contributed by atoms with Gasteiger partial charge in [0.25, 0.3) is 17.1 Å². The number of carboxylic acids is 1. The second-order valence-electron chi connectivity index (χ2n) is 24.9. The number of nitrogens with one attached hydrogen (secondary N) is 1. The summed E-state index contributed by atoms with van der Waals surface area (Å²) in [5.41, 5.74) is 17.2. The summed E-state index contributed by atoms with van der Waals surface area (Å²) >= 11 is 23.3. The predicted molar refractivity (Wildman–Crippen MR) is 371 cm³/mol. The van der Waals surface area contributed by atoms with Crippen LogP contribution in [0.25, 0.3) is 0 Å². The van der Waals surface area contributed by atoms with Crippen LogP contribution in [-0.4, -0.2) is 113 Å². The van der Waals surface area contributed by atoms with Gasteiger partial charge in [-0.05, 0) is 232 Å². The van der Waals surface area contributed by atoms with Crippen molar-refractivity contribution in [1.29, 1.82) is 0 Å². The molecule has 17 nitrogen and oxygen atoms in total. The molecule has 7 aromatic carbocycles. The summed E-state index contributed by atoms with van der Waals surface area (Å²) in [6, 6.07) is 45.0. The van der Waals surface area contributed by atoms with Gasteiger partial charge in [-0.2, -0.15) is 0 Å². The molecule has 5 N–H and O–H groups in total. The number of hydrogen-bond acceptors (Lipinski definition) is 14. The number of nitrogens with two attached hydrogens (primary N) is 1. The minimum Gasteiger partial charge on any atom is -0.870 e. The minimum absolute atomic E-state index is 0. The summed E-state index contributed by atoms with van der Waals surface area (Å²) in [4.78, 5) is 98.2. The van der Waals surface area contributed by atoms with Crippen LogP contribution in [0.15, 0.2) is 146 Å². The van der Waals surface area contributed by atoms with Crippen LogP contribution in [0.2, 0.25) is 15.1 Å². The normalized spacial score (nSPS) is 17.5. The second-order valence-corrected chi connectivity index (χ2v) is 26.5. The first-order valence-electron chi connectivity index (χ1n) is 32.4. The quantitative estimate of drug-likeness (QED) is 0.0420. The van der Waals surface area contributed by atoms with E-state index in [-0.39, 0.29) is 83.6 Å². The molecule has 0 aliphatic heterocycles. The molecule has 0 radical (unpaired) electrons. The van der Waals surface area contributed by atoms with Gasteiger partial charge < -0.3 is 45.6 Å². The fraction of sp³-hybridized carbons (Fsp3) is 0.342. The zero-order valence-corrected chi connectivity index (χ0v) is 58.1. The molecular weight excluding hydrogens is 1330 g/mol. The molecule has 0 aromatic heterocycles. The van der Waals surface area contributed by atoms with Crippen molar-refractivity contribution >= 4 is 93.1 Å². The third-order valence-electron chi connectivity index (χ3n) is 18.1. The molecule has 15 rings (SSSR count). The molecule has 3 unspecified atom stereocenters. The predicted octanol–water partition coefficient (Wildman–Crippen LogP) is 12.2. The van der Waals surface area contributed by atoms with Gasteiger partial charge in [-0.25, -0.2) is 19.2 Å². The second kappa shape index (κ2) is 34.9. The summed E-state index contributed by atoms with van der Waals surface area (Å²) < 4.78 is 14.2. The standard InChI is InChI=1S/C21H20ClNO3.C20H18ClNO3.C14H17NO2.C11H10O3.C7H4Cl2O.C3H7N.Li.H2O/c1-26-21(25)14-7-6-13-8-11-19(17(13)12-14)23(15-9-10-15)20(24)16-4-2-3-5-18(16)22;21-17-4-2-1-3-15(17)19(23)22(14-8-9-14)18-10-7-12-5-6-13(20(24)25)11-16(12)18;1-17-14(16)10-3-2-9-4-7-13(12(9)8-10)15-11-5-6-11;1-14-11(13)8-3-2-7-4-5-10(12)9(7)6-8;8-6-4-2-1-3-5(6)7(9)10;4-3-1-2-3;;/h2-7,12,15,19H,8-11H2,1H3;1-6,11,14,18H,7-10H2,(H,24,25);2-3,8,11,13,15H,4-7H2,1H3;2-3,6H,4-5H2,1H3;1-4H;3H,1-2,4H2;;1H2/q;;;;;;+1;/p-1. The summed E-state index contributed by atoms with van der Waals surface area (Å²) in [6.07, 6.45) is 16.2. The number of ketones is 1. The molecule has 4 saturated carbocycles. The van der Waals surface area contributed by atoms with E-state index in [4.69, 9.17) is 61.6 Å². The van der Waals surface area contributed by atoms with E-state index in [1.807, 2.05) is 70.5 Å². The number of aryl methyl sites for hydroxylation is 4. The zero-order valence-electron chi connectivity index (χ0n) is 55.1. The van der Waals surface area contributed by atoms with E-state index in [2.05, 4.69) is 16.1 Å². The number of rotatable bonds is 13. The van der Waals surface area contributed by atoms with Crippen LogP contribution < -0.4 is 29.9 Å². The topological polar surface area (TPSA) is 259 Å². The molecule has 4 fully saturated rings. The average molecular weight is 1400 g/mol. The van der Waals surface area contributed by atoms with Crippen molar-refractivity contribution in [2.45, 2.75) is 145 Å². The summed E-state index contributed by atoms with van der Waals surface area (Å²) in [7, 11) is 4.14. The van der Waals surface area contributed by atoms with Crippen molar-refractivity contribution in [3.63, 3.8) is 0 Å². The Bertz CT molecular complexity index is 4100. The monoisotopic (exact) mass is 1400 g/mol. The zero-order chi connectivity index (χ0) is 68.3. The minimum atomic E-state index is -0.941. The van der Waals surface area contributed by atoms with Crippen molar-refractivity contribution in [3.8, 4) is 0 Å². The SMILES string of the molecule is COC(=O)c1ccc2c(c1)C(=O)CC2.COC(=O)c1ccc2c(c1)C(N(C(=O)c1ccccc1Cl)C1CC1)CC2.COC(=O)c1ccc2c(c1)C(NC1CC1)CC2.NC1CC1.O=C(Cl)c1ccccc1Cl.O=C(O)c1ccc2c(c1)C(N(C(=O)c1ccccc1Cl)C1CC1)CC2.[Li+].[OH-]. The third kappa shape index (κ3) is 19.2. The van der Waals surface area contributed by atoms with Crippen LogP contribution >= 0.6 is 46.4 Å². The third-order valence-corrected chi connectivity index (χ3v) is 19.3. The van der Waals surface area contributed by atoms with Gasteiger partial charge in [0.05, 0.1) is 87.4 Å². The number of Topliss-reactive ketones (excluding diaryl/α,β-unsaturated/α-hetero) is 1. The Morgan fingerprint density at radius 1 is 0.469 bits per heavy atom. The Morgan fingerprint density at radius 3 is 1.23 bits per heavy atom. The molecule has 98 heavy (non-hydrogen) atoms. The number of halogens is 4. The van der Waals surface area contributed by atoms with Gasteiger partial charge in [-0.15, -0.1) is 0 Å². The van der Waals surface area contributed by atoms with Crippen molar-refractivity contribution in [1.82, 2.24) is 15.1 Å². The van der Waals surface area contributed by atoms with E-state index in [9.17, 15) is 43.5 Å². The van der Waals surface area contributed by atoms with Gasteiger partial charge in [0.2, 0.25) is 0 Å². The first-order valence-corrected chi connectivity index (χ1v) is 33.9. The van der Waals surface area contributed by atoms with E-state index < -0.39 is 17.2 Å². The number of ether oxygens (including phenoxy) is 3. The van der Waals surface area contributed by atoms with E-state index in [0.717, 1.165) is 92.9 Å². The number of fused-ring (bicyclic) bond motifs is 4. The smallest absolute Gasteiger partial charge is 0.870 e. The molecule has 8 aliphatic carbocycles. The van der Waals surface area contributed by atoms with Crippen LogP contribution in [0, 0.1) is 0 Å². The number of benzene rings is 7. The Labute approximate surface area is 602 Å². The van der Waals surface area contributed by atoms with Gasteiger partial charge in [-0.1, -0.05) is 95.5 Å². The first-order chi connectivity index (χ1) is 46.3. The number of aromatic carboxylic acids is 1. The maximum atomic E-state index is 13.3. The fourth-order valence-corrected chi connectivity index (χ4v) is 13.3. The number of nitrogens with zero attached hydrogens (tertiary/aromatic N) is 2. The van der Waals surface area contributed by atoms with E-state index in [0.29, 0.717) is 78.6 Å². The molecular formula is C76H77Cl4LiN4O13. The van der Waals surface area contributed by atoms with Crippen LogP contribution in [0.4, 0.5) is 0 Å². The molecule has 0 heterocycles. The number of amides is 2. The molecule has 22 heteroatoms. The first kappa shape index (κ1) is 76.1. The molecule has 8 aliphatic rings. The average Bonchev–Trinajstić information content (AvgIpc) is 1.61. The van der Waals surface area contributed by atoms with Crippen LogP contribution in [0.5, 0.6) is 0 Å². The number of hydrogen-bond donors (Lipinski definition) is 3. The van der Waals surface area contributed by atoms with Crippen molar-refractivity contribution in [2.75, 3.05) is 21.3 Å². The Hall–Kier alpha value is -7.66. The van der Waals surface area contributed by atoms with Crippen molar-refractivity contribution in [2.24, 2.45) is 5.73 Å². The largest absolute Gasteiger partial charge is 1.00 e. The maximum Gasteiger partial charge on any atom is 1.00 e. The van der Waals surface area contributed by atoms with Gasteiger partial charge >= 0.3 is 42.7 Å². The van der Waals surface area contributed by atoms with E-state index in [1.165, 1.54) is 63.7 Å². The number of carbonyl (C=O) groups is 8.